The molecule has 0 radical (unpaired) electrons. The Bertz CT molecular complexity index is 1110. The topological polar surface area (TPSA) is 55.8 Å². The van der Waals surface area contributed by atoms with E-state index in [1.165, 1.54) is 12.1 Å². The van der Waals surface area contributed by atoms with Gasteiger partial charge in [-0.3, -0.25) is 4.79 Å². The van der Waals surface area contributed by atoms with Gasteiger partial charge in [-0.2, -0.15) is 13.2 Å². The molecule has 31 heavy (non-hydrogen) atoms. The van der Waals surface area contributed by atoms with Crippen molar-refractivity contribution in [3.8, 4) is 29.1 Å². The normalized spacial score (nSPS) is 10.7. The van der Waals surface area contributed by atoms with Gasteiger partial charge in [0, 0.05) is 5.56 Å². The number of ether oxygens (including phenoxy) is 2. The minimum absolute atomic E-state index is 0.000446. The van der Waals surface area contributed by atoms with Crippen LogP contribution in [-0.2, 0) is 17.4 Å². The van der Waals surface area contributed by atoms with Crippen LogP contribution in [0.2, 0.25) is 0 Å². The lowest BCUT2D eigenvalue weighted by molar-refractivity contribution is -0.138. The number of carbonyl (C=O) groups is 1. The Labute approximate surface area is 176 Å². The monoisotopic (exact) mass is 426 g/mol. The fourth-order valence-electron chi connectivity index (χ4n) is 2.67. The third-order valence-corrected chi connectivity index (χ3v) is 4.08. The molecule has 0 aliphatic heterocycles. The van der Waals surface area contributed by atoms with Crippen LogP contribution in [0.25, 0.3) is 0 Å². The van der Waals surface area contributed by atoms with Crippen molar-refractivity contribution in [2.45, 2.75) is 12.6 Å². The smallest absolute Gasteiger partial charge is 0.416 e. The Morgan fingerprint density at radius 2 is 1.65 bits per heavy atom. The highest BCUT2D eigenvalue weighted by Gasteiger charge is 2.29. The average molecular weight is 426 g/mol. The molecule has 0 saturated carbocycles. The van der Waals surface area contributed by atoms with Gasteiger partial charge in [0.25, 0.3) is 0 Å². The molecular weight excluding hydrogens is 409 g/mol. The quantitative estimate of drug-likeness (QED) is 0.525. The maximum atomic E-state index is 12.6. The Morgan fingerprint density at radius 3 is 2.32 bits per heavy atom. The first-order valence-corrected chi connectivity index (χ1v) is 9.18. The molecule has 0 aliphatic rings. The molecule has 0 saturated heterocycles. The van der Waals surface area contributed by atoms with Crippen LogP contribution in [0.1, 0.15) is 16.7 Å². The second-order valence-corrected chi connectivity index (χ2v) is 6.43. The predicted molar refractivity (Wildman–Crippen MR) is 108 cm³/mol. The number of carboxylic acids is 1. The van der Waals surface area contributed by atoms with Crippen molar-refractivity contribution >= 4 is 5.97 Å². The summed E-state index contributed by atoms with van der Waals surface area (Å²) in [6.07, 6.45) is -4.50. The zero-order valence-corrected chi connectivity index (χ0v) is 16.1. The highest BCUT2D eigenvalue weighted by Crippen LogP contribution is 2.32. The highest BCUT2D eigenvalue weighted by atomic mass is 19.4. The summed E-state index contributed by atoms with van der Waals surface area (Å²) in [6.45, 7) is 0.000446. The molecule has 3 aromatic carbocycles. The number of para-hydroxylation sites is 2. The zero-order chi connectivity index (χ0) is 22.3. The number of aliphatic carboxylic acids is 1. The third kappa shape index (κ3) is 6.54. The fraction of sp³-hybridized carbons (Fsp3) is 0.125. The Morgan fingerprint density at radius 1 is 0.935 bits per heavy atom. The second kappa shape index (κ2) is 9.72. The van der Waals surface area contributed by atoms with Crippen molar-refractivity contribution in [3.63, 3.8) is 0 Å². The van der Waals surface area contributed by atoms with Crippen LogP contribution >= 0.6 is 0 Å². The third-order valence-electron chi connectivity index (χ3n) is 4.08. The standard InChI is InChI=1S/C24H17F3O4/c25-24(26,27)19-12-10-17(11-13-19)6-4-14-30-21-8-1-2-9-22(21)31-20-7-3-5-18(15-20)16-23(28)29/h1-3,5,7-13,15H,14,16H2,(H,28,29). The van der Waals surface area contributed by atoms with Crippen molar-refractivity contribution in [1.29, 1.82) is 0 Å². The lowest BCUT2D eigenvalue weighted by Gasteiger charge is -2.11. The van der Waals surface area contributed by atoms with Gasteiger partial charge in [-0.25, -0.2) is 0 Å². The Balaban J connectivity index is 1.64. The van der Waals surface area contributed by atoms with E-state index in [1.807, 2.05) is 0 Å². The lowest BCUT2D eigenvalue weighted by atomic mass is 10.1. The fourth-order valence-corrected chi connectivity index (χ4v) is 2.67. The van der Waals surface area contributed by atoms with Crippen molar-refractivity contribution in [1.82, 2.24) is 0 Å². The molecule has 158 valence electrons. The first-order chi connectivity index (χ1) is 14.8. The van der Waals surface area contributed by atoms with Crippen molar-refractivity contribution < 1.29 is 32.5 Å². The molecule has 0 fully saturated rings. The molecule has 0 aliphatic carbocycles. The largest absolute Gasteiger partial charge is 0.481 e. The maximum absolute atomic E-state index is 12.6. The van der Waals surface area contributed by atoms with Gasteiger partial charge in [-0.05, 0) is 54.1 Å². The first-order valence-electron chi connectivity index (χ1n) is 9.18. The molecule has 0 amide bonds. The molecule has 0 aromatic heterocycles. The van der Waals surface area contributed by atoms with E-state index in [1.54, 1.807) is 48.5 Å². The SMILES string of the molecule is O=C(O)Cc1cccc(Oc2ccccc2OCC#Cc2ccc(C(F)(F)F)cc2)c1. The Hall–Kier alpha value is -3.92. The maximum Gasteiger partial charge on any atom is 0.416 e. The Kier molecular flexibility index (Phi) is 6.83. The van der Waals surface area contributed by atoms with Gasteiger partial charge < -0.3 is 14.6 Å². The summed E-state index contributed by atoms with van der Waals surface area (Å²) in [5, 5.41) is 8.92. The van der Waals surface area contributed by atoms with Crippen LogP contribution < -0.4 is 9.47 Å². The summed E-state index contributed by atoms with van der Waals surface area (Å²) in [4.78, 5) is 10.9. The molecule has 1 N–H and O–H groups in total. The molecular formula is C24H17F3O4. The van der Waals surface area contributed by atoms with Gasteiger partial charge in [0.1, 0.15) is 12.4 Å². The number of rotatable bonds is 6. The number of hydrogen-bond acceptors (Lipinski definition) is 3. The molecule has 7 heteroatoms. The minimum atomic E-state index is -4.38. The van der Waals surface area contributed by atoms with Crippen LogP contribution in [0.15, 0.2) is 72.8 Å². The lowest BCUT2D eigenvalue weighted by Crippen LogP contribution is -2.04. The molecule has 0 atom stereocenters. The van der Waals surface area contributed by atoms with E-state index in [9.17, 15) is 18.0 Å². The van der Waals surface area contributed by atoms with Gasteiger partial charge >= 0.3 is 12.1 Å². The molecule has 3 aromatic rings. The number of alkyl halides is 3. The first kappa shape index (κ1) is 21.8. The highest BCUT2D eigenvalue weighted by molar-refractivity contribution is 5.70. The van der Waals surface area contributed by atoms with Gasteiger partial charge in [-0.15, -0.1) is 0 Å². The van der Waals surface area contributed by atoms with Crippen molar-refractivity contribution in [3.05, 3.63) is 89.5 Å². The van der Waals surface area contributed by atoms with Crippen LogP contribution in [0.3, 0.4) is 0 Å². The van der Waals surface area contributed by atoms with E-state index in [2.05, 4.69) is 11.8 Å². The number of carboxylic acid groups (broad SMARTS) is 1. The average Bonchev–Trinajstić information content (AvgIpc) is 2.72. The van der Waals surface area contributed by atoms with Crippen LogP contribution in [0.4, 0.5) is 13.2 Å². The summed E-state index contributed by atoms with van der Waals surface area (Å²) in [6, 6.07) is 18.2. The van der Waals surface area contributed by atoms with Crippen LogP contribution in [0, 0.1) is 11.8 Å². The van der Waals surface area contributed by atoms with Gasteiger partial charge in [0.2, 0.25) is 0 Å². The van der Waals surface area contributed by atoms with E-state index in [-0.39, 0.29) is 13.0 Å². The van der Waals surface area contributed by atoms with E-state index in [0.717, 1.165) is 12.1 Å². The van der Waals surface area contributed by atoms with Crippen LogP contribution in [0.5, 0.6) is 17.2 Å². The van der Waals surface area contributed by atoms with Crippen molar-refractivity contribution in [2.75, 3.05) is 6.61 Å². The van der Waals surface area contributed by atoms with Gasteiger partial charge in [0.15, 0.2) is 11.5 Å². The summed E-state index contributed by atoms with van der Waals surface area (Å²) in [7, 11) is 0. The summed E-state index contributed by atoms with van der Waals surface area (Å²) in [5.74, 6) is 5.88. The van der Waals surface area contributed by atoms with E-state index in [4.69, 9.17) is 14.6 Å². The van der Waals surface area contributed by atoms with E-state index in [0.29, 0.717) is 28.4 Å². The predicted octanol–water partition coefficient (Wildman–Crippen LogP) is 5.56. The summed E-state index contributed by atoms with van der Waals surface area (Å²) < 4.78 is 49.2. The number of hydrogen-bond donors (Lipinski definition) is 1. The van der Waals surface area contributed by atoms with Crippen molar-refractivity contribution in [2.24, 2.45) is 0 Å². The number of halogens is 3. The molecule has 0 spiro atoms. The molecule has 0 unspecified atom stereocenters. The van der Waals surface area contributed by atoms with Gasteiger partial charge in [0.05, 0.1) is 12.0 Å². The number of benzene rings is 3. The summed E-state index contributed by atoms with van der Waals surface area (Å²) in [5.41, 5.74) is 0.315. The molecule has 0 heterocycles. The second-order valence-electron chi connectivity index (χ2n) is 6.43. The molecule has 4 nitrogen and oxygen atoms in total. The molecule has 0 bridgehead atoms. The summed E-state index contributed by atoms with van der Waals surface area (Å²) >= 11 is 0. The minimum Gasteiger partial charge on any atom is -0.481 e. The van der Waals surface area contributed by atoms with Gasteiger partial charge in [-0.1, -0.05) is 36.1 Å². The van der Waals surface area contributed by atoms with E-state index >= 15 is 0 Å². The molecule has 3 rings (SSSR count). The van der Waals surface area contributed by atoms with E-state index < -0.39 is 17.7 Å². The zero-order valence-electron chi connectivity index (χ0n) is 16.1. The van der Waals surface area contributed by atoms with Crippen LogP contribution in [-0.4, -0.2) is 17.7 Å².